The lowest BCUT2D eigenvalue weighted by Crippen LogP contribution is -2.36. The third kappa shape index (κ3) is 2.92. The molecular weight excluding hydrogens is 262 g/mol. The molecule has 0 heterocycles. The van der Waals surface area contributed by atoms with Crippen LogP contribution in [0.3, 0.4) is 0 Å². The Balaban J connectivity index is 1.73. The van der Waals surface area contributed by atoms with E-state index in [0.717, 1.165) is 29.7 Å². The van der Waals surface area contributed by atoms with E-state index in [1.165, 1.54) is 0 Å². The van der Waals surface area contributed by atoms with Crippen molar-refractivity contribution in [3.63, 3.8) is 0 Å². The molecule has 1 N–H and O–H groups in total. The second-order valence-corrected chi connectivity index (χ2v) is 5.49. The standard InChI is InChI=1S/C18H19NO2/c1-21-16-10-6-5-9-15(16)18(11-12-18)19-17(20)13-14-7-3-2-4-8-14/h2-10H,11-13H2,1H3,(H,19,20). The van der Waals surface area contributed by atoms with Gasteiger partial charge in [0.2, 0.25) is 5.91 Å². The van der Waals surface area contributed by atoms with Gasteiger partial charge in [-0.1, -0.05) is 48.5 Å². The summed E-state index contributed by atoms with van der Waals surface area (Å²) in [5.41, 5.74) is 1.87. The van der Waals surface area contributed by atoms with Crippen molar-refractivity contribution in [1.29, 1.82) is 0 Å². The average Bonchev–Trinajstić information content (AvgIpc) is 3.28. The molecule has 0 bridgehead atoms. The summed E-state index contributed by atoms with van der Waals surface area (Å²) in [6.07, 6.45) is 2.35. The fourth-order valence-electron chi connectivity index (χ4n) is 2.72. The van der Waals surface area contributed by atoms with Gasteiger partial charge in [0.15, 0.2) is 0 Å². The number of carbonyl (C=O) groups excluding carboxylic acids is 1. The van der Waals surface area contributed by atoms with Crippen molar-refractivity contribution < 1.29 is 9.53 Å². The average molecular weight is 281 g/mol. The molecule has 0 atom stereocenters. The Hall–Kier alpha value is -2.29. The molecular formula is C18H19NO2. The Labute approximate surface area is 124 Å². The summed E-state index contributed by atoms with van der Waals surface area (Å²) >= 11 is 0. The van der Waals surface area contributed by atoms with Crippen LogP contribution in [0, 0.1) is 0 Å². The molecule has 0 unspecified atom stereocenters. The zero-order valence-corrected chi connectivity index (χ0v) is 12.1. The minimum atomic E-state index is -0.238. The predicted octanol–water partition coefficient (Wildman–Crippen LogP) is 3.04. The summed E-state index contributed by atoms with van der Waals surface area (Å²) in [6, 6.07) is 17.7. The number of methoxy groups -OCH3 is 1. The van der Waals surface area contributed by atoms with E-state index in [2.05, 4.69) is 5.32 Å². The van der Waals surface area contributed by atoms with E-state index in [-0.39, 0.29) is 11.4 Å². The zero-order chi connectivity index (χ0) is 14.7. The molecule has 0 aliphatic heterocycles. The lowest BCUT2D eigenvalue weighted by molar-refractivity contribution is -0.121. The zero-order valence-electron chi connectivity index (χ0n) is 12.1. The maximum atomic E-state index is 12.3. The molecule has 1 saturated carbocycles. The smallest absolute Gasteiger partial charge is 0.225 e. The summed E-state index contributed by atoms with van der Waals surface area (Å²) in [6.45, 7) is 0. The van der Waals surface area contributed by atoms with E-state index in [4.69, 9.17) is 4.74 Å². The van der Waals surface area contributed by atoms with Gasteiger partial charge in [-0.2, -0.15) is 0 Å². The Morgan fingerprint density at radius 2 is 1.76 bits per heavy atom. The fourth-order valence-corrected chi connectivity index (χ4v) is 2.72. The molecule has 1 fully saturated rings. The molecule has 1 aliphatic rings. The number of hydrogen-bond donors (Lipinski definition) is 1. The van der Waals surface area contributed by atoms with E-state index in [1.807, 2.05) is 54.6 Å². The van der Waals surface area contributed by atoms with E-state index >= 15 is 0 Å². The number of amides is 1. The van der Waals surface area contributed by atoms with E-state index in [0.29, 0.717) is 6.42 Å². The number of para-hydroxylation sites is 1. The quantitative estimate of drug-likeness (QED) is 0.914. The van der Waals surface area contributed by atoms with Gasteiger partial charge >= 0.3 is 0 Å². The number of rotatable bonds is 5. The summed E-state index contributed by atoms with van der Waals surface area (Å²) in [7, 11) is 1.67. The molecule has 1 aliphatic carbocycles. The minimum Gasteiger partial charge on any atom is -0.496 e. The first-order valence-corrected chi connectivity index (χ1v) is 7.22. The van der Waals surface area contributed by atoms with Gasteiger partial charge < -0.3 is 10.1 Å². The van der Waals surface area contributed by atoms with Crippen LogP contribution in [0.4, 0.5) is 0 Å². The number of hydrogen-bond acceptors (Lipinski definition) is 2. The van der Waals surface area contributed by atoms with Gasteiger partial charge in [0.1, 0.15) is 5.75 Å². The van der Waals surface area contributed by atoms with Crippen molar-refractivity contribution in [3.05, 3.63) is 65.7 Å². The van der Waals surface area contributed by atoms with Gasteiger partial charge in [-0.05, 0) is 24.5 Å². The maximum Gasteiger partial charge on any atom is 0.225 e. The van der Waals surface area contributed by atoms with Gasteiger partial charge in [-0.25, -0.2) is 0 Å². The first-order valence-electron chi connectivity index (χ1n) is 7.22. The number of carbonyl (C=O) groups is 1. The predicted molar refractivity (Wildman–Crippen MR) is 82.2 cm³/mol. The van der Waals surface area contributed by atoms with Crippen LogP contribution in [-0.2, 0) is 16.8 Å². The Kier molecular flexibility index (Phi) is 3.65. The third-order valence-corrected chi connectivity index (χ3v) is 3.96. The van der Waals surface area contributed by atoms with Gasteiger partial charge in [-0.15, -0.1) is 0 Å². The summed E-state index contributed by atoms with van der Waals surface area (Å²) in [4.78, 5) is 12.3. The second kappa shape index (κ2) is 5.60. The molecule has 0 aromatic heterocycles. The SMILES string of the molecule is COc1ccccc1C1(NC(=O)Cc2ccccc2)CC1. The van der Waals surface area contributed by atoms with Crippen LogP contribution < -0.4 is 10.1 Å². The number of nitrogens with one attached hydrogen (secondary N) is 1. The number of ether oxygens (including phenoxy) is 1. The van der Waals surface area contributed by atoms with Crippen LogP contribution in [0.1, 0.15) is 24.0 Å². The number of benzene rings is 2. The van der Waals surface area contributed by atoms with Crippen LogP contribution in [0.5, 0.6) is 5.75 Å². The summed E-state index contributed by atoms with van der Waals surface area (Å²) in [5.74, 6) is 0.902. The normalized spacial score (nSPS) is 15.3. The van der Waals surface area contributed by atoms with E-state index in [9.17, 15) is 4.79 Å². The topological polar surface area (TPSA) is 38.3 Å². The van der Waals surface area contributed by atoms with Crippen molar-refractivity contribution in [1.82, 2.24) is 5.32 Å². The lowest BCUT2D eigenvalue weighted by Gasteiger charge is -2.20. The van der Waals surface area contributed by atoms with Gasteiger partial charge in [0.25, 0.3) is 0 Å². The van der Waals surface area contributed by atoms with Gasteiger partial charge in [0, 0.05) is 5.56 Å². The monoisotopic (exact) mass is 281 g/mol. The van der Waals surface area contributed by atoms with Crippen LogP contribution in [0.25, 0.3) is 0 Å². The highest BCUT2D eigenvalue weighted by Crippen LogP contribution is 2.48. The van der Waals surface area contributed by atoms with Gasteiger partial charge in [0.05, 0.1) is 19.1 Å². The first kappa shape index (κ1) is 13.7. The molecule has 1 amide bonds. The Morgan fingerprint density at radius 1 is 1.10 bits per heavy atom. The molecule has 3 nitrogen and oxygen atoms in total. The van der Waals surface area contributed by atoms with Crippen molar-refractivity contribution in [2.45, 2.75) is 24.8 Å². The highest BCUT2D eigenvalue weighted by atomic mass is 16.5. The molecule has 0 spiro atoms. The fraction of sp³-hybridized carbons (Fsp3) is 0.278. The van der Waals surface area contributed by atoms with Crippen molar-refractivity contribution in [2.75, 3.05) is 7.11 Å². The molecule has 2 aromatic rings. The lowest BCUT2D eigenvalue weighted by atomic mass is 10.0. The molecule has 0 radical (unpaired) electrons. The highest BCUT2D eigenvalue weighted by molar-refractivity contribution is 5.80. The van der Waals surface area contributed by atoms with Crippen LogP contribution >= 0.6 is 0 Å². The summed E-state index contributed by atoms with van der Waals surface area (Å²) < 4.78 is 5.42. The highest BCUT2D eigenvalue weighted by Gasteiger charge is 2.47. The molecule has 3 rings (SSSR count). The van der Waals surface area contributed by atoms with Crippen molar-refractivity contribution >= 4 is 5.91 Å². The Morgan fingerprint density at radius 3 is 2.43 bits per heavy atom. The summed E-state index contributed by atoms with van der Waals surface area (Å²) in [5, 5.41) is 3.19. The van der Waals surface area contributed by atoms with Crippen LogP contribution in [-0.4, -0.2) is 13.0 Å². The van der Waals surface area contributed by atoms with E-state index < -0.39 is 0 Å². The largest absolute Gasteiger partial charge is 0.496 e. The van der Waals surface area contributed by atoms with Gasteiger partial charge in [-0.3, -0.25) is 4.79 Å². The third-order valence-electron chi connectivity index (χ3n) is 3.96. The molecule has 3 heteroatoms. The Bertz CT molecular complexity index is 633. The first-order chi connectivity index (χ1) is 10.2. The van der Waals surface area contributed by atoms with Crippen LogP contribution in [0.2, 0.25) is 0 Å². The maximum absolute atomic E-state index is 12.3. The molecule has 0 saturated heterocycles. The minimum absolute atomic E-state index is 0.0598. The molecule has 108 valence electrons. The second-order valence-electron chi connectivity index (χ2n) is 5.49. The molecule has 21 heavy (non-hydrogen) atoms. The van der Waals surface area contributed by atoms with Crippen molar-refractivity contribution in [3.8, 4) is 5.75 Å². The van der Waals surface area contributed by atoms with E-state index in [1.54, 1.807) is 7.11 Å². The molecule has 2 aromatic carbocycles. The van der Waals surface area contributed by atoms with Crippen molar-refractivity contribution in [2.24, 2.45) is 0 Å². The van der Waals surface area contributed by atoms with Crippen LogP contribution in [0.15, 0.2) is 54.6 Å².